The summed E-state index contributed by atoms with van der Waals surface area (Å²) in [7, 11) is 0. The largest absolute Gasteiger partial charge is 0.319 e. The van der Waals surface area contributed by atoms with Gasteiger partial charge in [-0.25, -0.2) is 8.78 Å². The van der Waals surface area contributed by atoms with Crippen LogP contribution in [-0.4, -0.2) is 0 Å². The Morgan fingerprint density at radius 1 is 1.28 bits per heavy atom. The number of hydrogen-bond acceptors (Lipinski definition) is 2. The van der Waals surface area contributed by atoms with E-state index < -0.39 is 17.7 Å². The Balaban J connectivity index is 2.52. The zero-order valence-electron chi connectivity index (χ0n) is 9.31. The molecule has 1 atom stereocenters. The van der Waals surface area contributed by atoms with Crippen molar-refractivity contribution in [2.45, 2.75) is 13.0 Å². The van der Waals surface area contributed by atoms with Gasteiger partial charge in [0.15, 0.2) is 0 Å². The van der Waals surface area contributed by atoms with E-state index in [4.69, 9.17) is 5.73 Å². The minimum absolute atomic E-state index is 0.0868. The fourth-order valence-corrected chi connectivity index (χ4v) is 3.72. The molecule has 1 aromatic carbocycles. The van der Waals surface area contributed by atoms with Gasteiger partial charge in [0.05, 0.1) is 9.83 Å². The highest BCUT2D eigenvalue weighted by atomic mass is 79.9. The normalized spacial score (nSPS) is 12.8. The van der Waals surface area contributed by atoms with E-state index >= 15 is 0 Å². The molecule has 2 aromatic rings. The molecule has 1 aromatic heterocycles. The summed E-state index contributed by atoms with van der Waals surface area (Å²) in [5.41, 5.74) is 6.26. The molecule has 1 unspecified atom stereocenters. The van der Waals surface area contributed by atoms with Crippen molar-refractivity contribution in [3.8, 4) is 0 Å². The maximum Gasteiger partial charge on any atom is 0.134 e. The molecule has 0 fully saturated rings. The molecular formula is C12H9Br2F2NS. The van der Waals surface area contributed by atoms with Crippen molar-refractivity contribution >= 4 is 43.2 Å². The van der Waals surface area contributed by atoms with E-state index in [1.165, 1.54) is 23.5 Å². The highest BCUT2D eigenvalue weighted by Crippen LogP contribution is 2.38. The Morgan fingerprint density at radius 2 is 1.94 bits per heavy atom. The van der Waals surface area contributed by atoms with Gasteiger partial charge in [-0.2, -0.15) is 0 Å². The molecule has 1 heterocycles. The first kappa shape index (κ1) is 14.1. The van der Waals surface area contributed by atoms with Crippen molar-refractivity contribution in [2.75, 3.05) is 0 Å². The maximum absolute atomic E-state index is 14.0. The molecular weight excluding hydrogens is 388 g/mol. The molecule has 0 aliphatic heterocycles. The fraction of sp³-hybridized carbons (Fsp3) is 0.167. The van der Waals surface area contributed by atoms with Crippen molar-refractivity contribution in [3.63, 3.8) is 0 Å². The summed E-state index contributed by atoms with van der Waals surface area (Å²) in [5.74, 6) is -1.20. The first-order chi connectivity index (χ1) is 8.41. The average molecular weight is 397 g/mol. The fourth-order valence-electron chi connectivity index (χ4n) is 1.62. The van der Waals surface area contributed by atoms with E-state index in [2.05, 4.69) is 31.9 Å². The molecule has 18 heavy (non-hydrogen) atoms. The summed E-state index contributed by atoms with van der Waals surface area (Å²) in [5, 5.41) is 0. The Labute approximate surface area is 124 Å². The molecule has 96 valence electrons. The van der Waals surface area contributed by atoms with E-state index in [1.807, 2.05) is 0 Å². The van der Waals surface area contributed by atoms with Gasteiger partial charge < -0.3 is 5.73 Å². The lowest BCUT2D eigenvalue weighted by Gasteiger charge is -2.13. The second-order valence-electron chi connectivity index (χ2n) is 3.84. The minimum Gasteiger partial charge on any atom is -0.319 e. The highest BCUT2D eigenvalue weighted by molar-refractivity contribution is 9.13. The molecule has 2 N–H and O–H groups in total. The van der Waals surface area contributed by atoms with Crippen molar-refractivity contribution in [2.24, 2.45) is 5.73 Å². The van der Waals surface area contributed by atoms with Crippen LogP contribution in [0.1, 0.15) is 22.0 Å². The van der Waals surface area contributed by atoms with Gasteiger partial charge >= 0.3 is 0 Å². The van der Waals surface area contributed by atoms with Crippen LogP contribution >= 0.6 is 43.2 Å². The van der Waals surface area contributed by atoms with E-state index in [0.717, 1.165) is 8.26 Å². The number of benzene rings is 1. The standard InChI is InChI=1S/C12H9Br2F2NS/c1-5-2-3-7(15)9(10(5)16)11(17)8-4-6(13)12(14)18-8/h2-4,11H,17H2,1H3. The Bertz CT molecular complexity index is 579. The number of nitrogens with two attached hydrogens (primary N) is 1. The summed E-state index contributed by atoms with van der Waals surface area (Å²) in [6, 6.07) is 3.60. The lowest BCUT2D eigenvalue weighted by Crippen LogP contribution is -2.15. The van der Waals surface area contributed by atoms with Gasteiger partial charge in [-0.1, -0.05) is 6.07 Å². The van der Waals surface area contributed by atoms with Crippen LogP contribution in [-0.2, 0) is 0 Å². The molecule has 1 nitrogen and oxygen atoms in total. The first-order valence-corrected chi connectivity index (χ1v) is 7.47. The second kappa shape index (κ2) is 5.36. The molecule has 0 saturated carbocycles. The van der Waals surface area contributed by atoms with Gasteiger partial charge in [0.2, 0.25) is 0 Å². The third kappa shape index (κ3) is 2.52. The van der Waals surface area contributed by atoms with Crippen LogP contribution in [0, 0.1) is 18.6 Å². The van der Waals surface area contributed by atoms with Gasteiger partial charge in [-0.15, -0.1) is 11.3 Å². The van der Waals surface area contributed by atoms with Gasteiger partial charge in [0.1, 0.15) is 11.6 Å². The summed E-state index contributed by atoms with van der Waals surface area (Å²) < 4.78 is 29.4. The van der Waals surface area contributed by atoms with Crippen molar-refractivity contribution in [3.05, 3.63) is 54.1 Å². The van der Waals surface area contributed by atoms with Crippen LogP contribution in [0.3, 0.4) is 0 Å². The van der Waals surface area contributed by atoms with Crippen molar-refractivity contribution in [1.82, 2.24) is 0 Å². The van der Waals surface area contributed by atoms with Crippen molar-refractivity contribution in [1.29, 1.82) is 0 Å². The zero-order valence-corrected chi connectivity index (χ0v) is 13.3. The number of rotatable bonds is 2. The molecule has 0 radical (unpaired) electrons. The summed E-state index contributed by atoms with van der Waals surface area (Å²) in [6.07, 6.45) is 0. The van der Waals surface area contributed by atoms with Crippen LogP contribution in [0.5, 0.6) is 0 Å². The minimum atomic E-state index is -0.808. The molecule has 2 rings (SSSR count). The van der Waals surface area contributed by atoms with Crippen LogP contribution in [0.25, 0.3) is 0 Å². The smallest absolute Gasteiger partial charge is 0.134 e. The van der Waals surface area contributed by atoms with Crippen LogP contribution in [0.2, 0.25) is 0 Å². The van der Waals surface area contributed by atoms with Crippen molar-refractivity contribution < 1.29 is 8.78 Å². The SMILES string of the molecule is Cc1ccc(F)c(C(N)c2cc(Br)c(Br)s2)c1F. The topological polar surface area (TPSA) is 26.0 Å². The summed E-state index contributed by atoms with van der Waals surface area (Å²) in [6.45, 7) is 1.59. The number of thiophene rings is 1. The molecule has 0 amide bonds. The predicted octanol–water partition coefficient (Wildman–Crippen LogP) is 4.91. The summed E-state index contributed by atoms with van der Waals surface area (Å²) >= 11 is 8.02. The van der Waals surface area contributed by atoms with Gasteiger partial charge in [0.25, 0.3) is 0 Å². The summed E-state index contributed by atoms with van der Waals surface area (Å²) in [4.78, 5) is 0.692. The third-order valence-electron chi connectivity index (χ3n) is 2.60. The van der Waals surface area contributed by atoms with E-state index in [-0.39, 0.29) is 5.56 Å². The van der Waals surface area contributed by atoms with Gasteiger partial charge in [-0.05, 0) is 56.5 Å². The molecule has 0 bridgehead atoms. The quantitative estimate of drug-likeness (QED) is 0.766. The van der Waals surface area contributed by atoms with E-state index in [9.17, 15) is 8.78 Å². The Morgan fingerprint density at radius 3 is 2.50 bits per heavy atom. The van der Waals surface area contributed by atoms with Crippen LogP contribution in [0.4, 0.5) is 8.78 Å². The average Bonchev–Trinajstić information content (AvgIpc) is 2.65. The number of aryl methyl sites for hydroxylation is 1. The Hall–Kier alpha value is -0.300. The Kier molecular flexibility index (Phi) is 4.21. The van der Waals surface area contributed by atoms with Gasteiger partial charge in [0, 0.05) is 14.9 Å². The van der Waals surface area contributed by atoms with Crippen LogP contribution in [0.15, 0.2) is 26.5 Å². The molecule has 0 aliphatic carbocycles. The lowest BCUT2D eigenvalue weighted by molar-refractivity contribution is 0.539. The van der Waals surface area contributed by atoms with Gasteiger partial charge in [-0.3, -0.25) is 0 Å². The molecule has 6 heteroatoms. The monoisotopic (exact) mass is 395 g/mol. The highest BCUT2D eigenvalue weighted by Gasteiger charge is 2.22. The number of halogens is 4. The first-order valence-electron chi connectivity index (χ1n) is 5.06. The third-order valence-corrected chi connectivity index (χ3v) is 5.94. The zero-order chi connectivity index (χ0) is 13.4. The second-order valence-corrected chi connectivity index (χ2v) is 7.10. The van der Waals surface area contributed by atoms with E-state index in [1.54, 1.807) is 13.0 Å². The molecule has 0 saturated heterocycles. The molecule has 0 spiro atoms. The number of hydrogen-bond donors (Lipinski definition) is 1. The maximum atomic E-state index is 14.0. The van der Waals surface area contributed by atoms with E-state index in [0.29, 0.717) is 10.4 Å². The predicted molar refractivity (Wildman–Crippen MR) is 76.8 cm³/mol. The lowest BCUT2D eigenvalue weighted by atomic mass is 10.0. The molecule has 0 aliphatic rings. The van der Waals surface area contributed by atoms with Crippen LogP contribution < -0.4 is 5.73 Å².